The summed E-state index contributed by atoms with van der Waals surface area (Å²) in [6, 6.07) is 8.09. The van der Waals surface area contributed by atoms with Gasteiger partial charge in [-0.25, -0.2) is 0 Å². The number of amides is 1. The van der Waals surface area contributed by atoms with Crippen molar-refractivity contribution < 1.29 is 9.90 Å². The topological polar surface area (TPSA) is 52.6 Å². The Kier molecular flexibility index (Phi) is 7.40. The van der Waals surface area contributed by atoms with Crippen molar-refractivity contribution in [3.8, 4) is 0 Å². The van der Waals surface area contributed by atoms with E-state index in [4.69, 9.17) is 5.11 Å². The van der Waals surface area contributed by atoms with Crippen LogP contribution in [-0.4, -0.2) is 41.7 Å². The molecule has 0 aliphatic rings. The first-order valence-corrected chi connectivity index (χ1v) is 7.77. The highest BCUT2D eigenvalue weighted by Crippen LogP contribution is 2.14. The average Bonchev–Trinajstić information content (AvgIpc) is 2.51. The quantitative estimate of drug-likeness (QED) is 0.772. The van der Waals surface area contributed by atoms with Gasteiger partial charge in [0.05, 0.1) is 18.7 Å². The largest absolute Gasteiger partial charge is 0.395 e. The van der Waals surface area contributed by atoms with Crippen molar-refractivity contribution in [2.75, 3.05) is 19.7 Å². The highest BCUT2D eigenvalue weighted by atomic mass is 16.3. The predicted octanol–water partition coefficient (Wildman–Crippen LogP) is 2.13. The van der Waals surface area contributed by atoms with Gasteiger partial charge in [-0.05, 0) is 37.9 Å². The SMILES string of the molecule is CCc1ccc(C(C)NC(=O)C(C)N(CC)CCO)cc1. The third kappa shape index (κ3) is 5.14. The summed E-state index contributed by atoms with van der Waals surface area (Å²) < 4.78 is 0. The molecule has 4 nitrogen and oxygen atoms in total. The number of carbonyl (C=O) groups excluding carboxylic acids is 1. The summed E-state index contributed by atoms with van der Waals surface area (Å²) in [6.45, 7) is 9.32. The minimum Gasteiger partial charge on any atom is -0.395 e. The van der Waals surface area contributed by atoms with Crippen LogP contribution in [0.2, 0.25) is 0 Å². The summed E-state index contributed by atoms with van der Waals surface area (Å²) in [6.07, 6.45) is 1.02. The van der Waals surface area contributed by atoms with E-state index in [2.05, 4.69) is 36.5 Å². The van der Waals surface area contributed by atoms with E-state index in [-0.39, 0.29) is 24.6 Å². The lowest BCUT2D eigenvalue weighted by Crippen LogP contribution is -2.46. The molecule has 2 N–H and O–H groups in total. The van der Waals surface area contributed by atoms with E-state index in [9.17, 15) is 4.79 Å². The summed E-state index contributed by atoms with van der Waals surface area (Å²) in [5.74, 6) is -0.00244. The van der Waals surface area contributed by atoms with Gasteiger partial charge in [0.2, 0.25) is 5.91 Å². The molecule has 0 bridgehead atoms. The van der Waals surface area contributed by atoms with Gasteiger partial charge < -0.3 is 10.4 Å². The fourth-order valence-corrected chi connectivity index (χ4v) is 2.38. The monoisotopic (exact) mass is 292 g/mol. The van der Waals surface area contributed by atoms with Gasteiger partial charge in [-0.3, -0.25) is 9.69 Å². The fraction of sp³-hybridized carbons (Fsp3) is 0.588. The highest BCUT2D eigenvalue weighted by Gasteiger charge is 2.21. The molecular formula is C17H28N2O2. The number of aryl methyl sites for hydroxylation is 1. The van der Waals surface area contributed by atoms with Gasteiger partial charge in [0.1, 0.15) is 0 Å². The molecule has 118 valence electrons. The van der Waals surface area contributed by atoms with Crippen molar-refractivity contribution >= 4 is 5.91 Å². The van der Waals surface area contributed by atoms with Crippen LogP contribution in [0.25, 0.3) is 0 Å². The lowest BCUT2D eigenvalue weighted by Gasteiger charge is -2.27. The van der Waals surface area contributed by atoms with Crippen LogP contribution in [0.15, 0.2) is 24.3 Å². The minimum atomic E-state index is -0.237. The van der Waals surface area contributed by atoms with Gasteiger partial charge >= 0.3 is 0 Å². The molecule has 0 aromatic heterocycles. The minimum absolute atomic E-state index is 0.00244. The normalized spacial score (nSPS) is 14.0. The number of rotatable bonds is 8. The Balaban J connectivity index is 2.63. The molecule has 0 aliphatic carbocycles. The molecule has 2 atom stereocenters. The van der Waals surface area contributed by atoms with Crippen LogP contribution in [0.1, 0.15) is 44.9 Å². The molecule has 0 spiro atoms. The second kappa shape index (κ2) is 8.80. The summed E-state index contributed by atoms with van der Waals surface area (Å²) in [7, 11) is 0. The Morgan fingerprint density at radius 2 is 1.86 bits per heavy atom. The van der Waals surface area contributed by atoms with Crippen molar-refractivity contribution in [1.82, 2.24) is 10.2 Å². The smallest absolute Gasteiger partial charge is 0.237 e. The van der Waals surface area contributed by atoms with Crippen LogP contribution in [0.4, 0.5) is 0 Å². The molecule has 0 aliphatic heterocycles. The summed E-state index contributed by atoms with van der Waals surface area (Å²) in [4.78, 5) is 14.3. The Hall–Kier alpha value is -1.39. The molecule has 21 heavy (non-hydrogen) atoms. The molecule has 4 heteroatoms. The first-order valence-electron chi connectivity index (χ1n) is 7.77. The zero-order valence-electron chi connectivity index (χ0n) is 13.6. The van der Waals surface area contributed by atoms with Crippen LogP contribution in [0.5, 0.6) is 0 Å². The van der Waals surface area contributed by atoms with Crippen molar-refractivity contribution in [3.63, 3.8) is 0 Å². The maximum atomic E-state index is 12.3. The zero-order valence-corrected chi connectivity index (χ0v) is 13.6. The van der Waals surface area contributed by atoms with E-state index >= 15 is 0 Å². The number of aliphatic hydroxyl groups excluding tert-OH is 1. The number of carbonyl (C=O) groups is 1. The fourth-order valence-electron chi connectivity index (χ4n) is 2.38. The van der Waals surface area contributed by atoms with E-state index in [0.717, 1.165) is 18.5 Å². The molecule has 1 rings (SSSR count). The third-order valence-corrected chi connectivity index (χ3v) is 3.97. The molecule has 1 aromatic rings. The number of benzene rings is 1. The molecular weight excluding hydrogens is 264 g/mol. The Labute approximate surface area is 128 Å². The molecule has 0 saturated heterocycles. The summed E-state index contributed by atoms with van der Waals surface area (Å²) in [5.41, 5.74) is 2.41. The second-order valence-electron chi connectivity index (χ2n) is 5.35. The van der Waals surface area contributed by atoms with Gasteiger partial charge in [-0.2, -0.15) is 0 Å². The summed E-state index contributed by atoms with van der Waals surface area (Å²) in [5, 5.41) is 12.1. The van der Waals surface area contributed by atoms with Gasteiger partial charge in [0.25, 0.3) is 0 Å². The van der Waals surface area contributed by atoms with E-state index in [1.807, 2.05) is 25.7 Å². The lowest BCUT2D eigenvalue weighted by molar-refractivity contribution is -0.126. The highest BCUT2D eigenvalue weighted by molar-refractivity contribution is 5.81. The molecule has 1 amide bonds. The van der Waals surface area contributed by atoms with Gasteiger partial charge in [-0.15, -0.1) is 0 Å². The van der Waals surface area contributed by atoms with Crippen LogP contribution in [-0.2, 0) is 11.2 Å². The second-order valence-corrected chi connectivity index (χ2v) is 5.35. The predicted molar refractivity (Wildman–Crippen MR) is 86.2 cm³/mol. The third-order valence-electron chi connectivity index (χ3n) is 3.97. The van der Waals surface area contributed by atoms with Gasteiger partial charge in [0, 0.05) is 6.54 Å². The van der Waals surface area contributed by atoms with Crippen molar-refractivity contribution in [1.29, 1.82) is 0 Å². The molecule has 0 fully saturated rings. The molecule has 0 heterocycles. The number of nitrogens with one attached hydrogen (secondary N) is 1. The average molecular weight is 292 g/mol. The molecule has 0 radical (unpaired) electrons. The van der Waals surface area contributed by atoms with Crippen molar-refractivity contribution in [2.45, 2.75) is 46.2 Å². The lowest BCUT2D eigenvalue weighted by atomic mass is 10.0. The Morgan fingerprint density at radius 3 is 2.33 bits per heavy atom. The maximum absolute atomic E-state index is 12.3. The number of aliphatic hydroxyl groups is 1. The first-order chi connectivity index (χ1) is 10.0. The van der Waals surface area contributed by atoms with Crippen LogP contribution in [0, 0.1) is 0 Å². The summed E-state index contributed by atoms with van der Waals surface area (Å²) >= 11 is 0. The Bertz CT molecular complexity index is 431. The van der Waals surface area contributed by atoms with E-state index in [0.29, 0.717) is 6.54 Å². The van der Waals surface area contributed by atoms with Crippen molar-refractivity contribution in [2.24, 2.45) is 0 Å². The number of hydrogen-bond acceptors (Lipinski definition) is 3. The van der Waals surface area contributed by atoms with E-state index in [1.165, 1.54) is 5.56 Å². The number of hydrogen-bond donors (Lipinski definition) is 2. The molecule has 2 unspecified atom stereocenters. The molecule has 0 saturated carbocycles. The van der Waals surface area contributed by atoms with Crippen LogP contribution >= 0.6 is 0 Å². The number of nitrogens with zero attached hydrogens (tertiary/aromatic N) is 1. The Morgan fingerprint density at radius 1 is 1.24 bits per heavy atom. The van der Waals surface area contributed by atoms with E-state index < -0.39 is 0 Å². The van der Waals surface area contributed by atoms with Crippen LogP contribution < -0.4 is 5.32 Å². The van der Waals surface area contributed by atoms with Gasteiger partial charge in [-0.1, -0.05) is 38.1 Å². The zero-order chi connectivity index (χ0) is 15.8. The standard InChI is InChI=1S/C17H28N2O2/c1-5-15-7-9-16(10-8-15)13(3)18-17(21)14(4)19(6-2)11-12-20/h7-10,13-14,20H,5-6,11-12H2,1-4H3,(H,18,21). The first kappa shape index (κ1) is 17.7. The van der Waals surface area contributed by atoms with Crippen LogP contribution in [0.3, 0.4) is 0 Å². The number of likely N-dealkylation sites (N-methyl/N-ethyl adjacent to an activating group) is 1. The van der Waals surface area contributed by atoms with E-state index in [1.54, 1.807) is 0 Å². The van der Waals surface area contributed by atoms with Gasteiger partial charge in [0.15, 0.2) is 0 Å². The van der Waals surface area contributed by atoms with Crippen molar-refractivity contribution in [3.05, 3.63) is 35.4 Å². The molecule has 1 aromatic carbocycles. The maximum Gasteiger partial charge on any atom is 0.237 e.